The van der Waals surface area contributed by atoms with Gasteiger partial charge in [-0.25, -0.2) is 4.79 Å². The fourth-order valence-corrected chi connectivity index (χ4v) is 1.98. The lowest BCUT2D eigenvalue weighted by molar-refractivity contribution is -0.139. The van der Waals surface area contributed by atoms with E-state index < -0.39 is 11.6 Å². The zero-order chi connectivity index (χ0) is 14.2. The molecule has 1 aromatic carbocycles. The van der Waals surface area contributed by atoms with Gasteiger partial charge in [0.2, 0.25) is 0 Å². The lowest BCUT2D eigenvalue weighted by Crippen LogP contribution is -2.16. The number of fused-ring (bicyclic) bond motifs is 1. The molecule has 1 heterocycles. The molecule has 0 atom stereocenters. The largest absolute Gasteiger partial charge is 0.506 e. The molecule has 0 spiro atoms. The minimum absolute atomic E-state index is 0.147. The highest BCUT2D eigenvalue weighted by Crippen LogP contribution is 2.30. The van der Waals surface area contributed by atoms with E-state index in [-0.39, 0.29) is 28.3 Å². The maximum Gasteiger partial charge on any atom is 0.340 e. The molecule has 0 saturated carbocycles. The Morgan fingerprint density at radius 1 is 1.47 bits per heavy atom. The molecule has 0 aliphatic rings. The molecule has 0 aliphatic carbocycles. The molecule has 0 saturated heterocycles. The van der Waals surface area contributed by atoms with E-state index >= 15 is 0 Å². The van der Waals surface area contributed by atoms with Crippen molar-refractivity contribution in [2.24, 2.45) is 0 Å². The minimum Gasteiger partial charge on any atom is -0.506 e. The number of carbonyl (C=O) groups excluding carboxylic acids is 1. The summed E-state index contributed by atoms with van der Waals surface area (Å²) in [4.78, 5) is 23.1. The summed E-state index contributed by atoms with van der Waals surface area (Å²) in [5, 5.41) is 10.2. The second kappa shape index (κ2) is 4.93. The number of phenols is 1. The van der Waals surface area contributed by atoms with E-state index in [0.717, 1.165) is 0 Å². The summed E-state index contributed by atoms with van der Waals surface area (Å²) >= 11 is 5.82. The quantitative estimate of drug-likeness (QED) is 0.675. The molecule has 2 rings (SSSR count). The van der Waals surface area contributed by atoms with Gasteiger partial charge < -0.3 is 14.3 Å². The second-order valence-electron chi connectivity index (χ2n) is 4.05. The lowest BCUT2D eigenvalue weighted by Gasteiger charge is -2.08. The van der Waals surface area contributed by atoms with E-state index in [2.05, 4.69) is 4.74 Å². The van der Waals surface area contributed by atoms with Crippen LogP contribution in [0.25, 0.3) is 11.0 Å². The van der Waals surface area contributed by atoms with Crippen LogP contribution in [-0.2, 0) is 16.0 Å². The number of hydrogen-bond acceptors (Lipinski definition) is 5. The van der Waals surface area contributed by atoms with Crippen LogP contribution in [0, 0.1) is 6.92 Å². The Morgan fingerprint density at radius 2 is 2.16 bits per heavy atom. The SMILES string of the molecule is COC(=O)Cc1c(C)c2cc(Cl)c(O)cc2oc1=O. The van der Waals surface area contributed by atoms with Crippen molar-refractivity contribution in [1.29, 1.82) is 0 Å². The van der Waals surface area contributed by atoms with E-state index in [1.807, 2.05) is 0 Å². The number of esters is 1. The Bertz CT molecular complexity index is 717. The van der Waals surface area contributed by atoms with Crippen LogP contribution in [0.4, 0.5) is 0 Å². The maximum absolute atomic E-state index is 11.8. The minimum atomic E-state index is -0.628. The number of hydrogen-bond donors (Lipinski definition) is 1. The van der Waals surface area contributed by atoms with Crippen LogP contribution in [0.2, 0.25) is 5.02 Å². The number of rotatable bonds is 2. The van der Waals surface area contributed by atoms with Gasteiger partial charge in [0.05, 0.1) is 24.1 Å². The van der Waals surface area contributed by atoms with E-state index in [1.165, 1.54) is 19.2 Å². The van der Waals surface area contributed by atoms with E-state index in [4.69, 9.17) is 16.0 Å². The zero-order valence-corrected chi connectivity index (χ0v) is 11.1. The fraction of sp³-hybridized carbons (Fsp3) is 0.231. The van der Waals surface area contributed by atoms with Crippen molar-refractivity contribution < 1.29 is 19.1 Å². The van der Waals surface area contributed by atoms with Crippen LogP contribution in [0.1, 0.15) is 11.1 Å². The summed E-state index contributed by atoms with van der Waals surface area (Å²) in [5.41, 5.74) is 0.398. The predicted octanol–water partition coefficient (Wildman–Crippen LogP) is 2.18. The monoisotopic (exact) mass is 282 g/mol. The first kappa shape index (κ1) is 13.4. The highest BCUT2D eigenvalue weighted by molar-refractivity contribution is 6.32. The molecule has 0 unspecified atom stereocenters. The number of carbonyl (C=O) groups is 1. The molecule has 0 bridgehead atoms. The van der Waals surface area contributed by atoms with Crippen LogP contribution < -0.4 is 5.63 Å². The normalized spacial score (nSPS) is 10.7. The molecule has 2 aromatic rings. The molecule has 0 radical (unpaired) electrons. The number of aryl methyl sites for hydroxylation is 1. The average molecular weight is 283 g/mol. The Labute approximate surface area is 113 Å². The topological polar surface area (TPSA) is 76.7 Å². The van der Waals surface area contributed by atoms with Gasteiger partial charge in [-0.1, -0.05) is 11.6 Å². The first-order valence-electron chi connectivity index (χ1n) is 5.45. The van der Waals surface area contributed by atoms with E-state index in [0.29, 0.717) is 10.9 Å². The third-order valence-electron chi connectivity index (χ3n) is 2.90. The highest BCUT2D eigenvalue weighted by Gasteiger charge is 2.16. The van der Waals surface area contributed by atoms with Crippen molar-refractivity contribution in [3.63, 3.8) is 0 Å². The summed E-state index contributed by atoms with van der Waals surface area (Å²) < 4.78 is 9.61. The Hall–Kier alpha value is -2.01. The molecule has 1 aromatic heterocycles. The summed E-state index contributed by atoms with van der Waals surface area (Å²) in [7, 11) is 1.25. The van der Waals surface area contributed by atoms with Gasteiger partial charge in [0.15, 0.2) is 0 Å². The number of phenolic OH excluding ortho intramolecular Hbond substituents is 1. The van der Waals surface area contributed by atoms with Crippen LogP contribution in [-0.4, -0.2) is 18.2 Å². The molecular formula is C13H11ClO5. The molecular weight excluding hydrogens is 272 g/mol. The summed E-state index contributed by atoms with van der Waals surface area (Å²) in [5.74, 6) is -0.697. The third kappa shape index (κ3) is 2.42. The van der Waals surface area contributed by atoms with Gasteiger partial charge in [-0.15, -0.1) is 0 Å². The van der Waals surface area contributed by atoms with Crippen LogP contribution >= 0.6 is 11.6 Å². The van der Waals surface area contributed by atoms with Crippen molar-refractivity contribution >= 4 is 28.5 Å². The molecule has 5 nitrogen and oxygen atoms in total. The van der Waals surface area contributed by atoms with Crippen molar-refractivity contribution in [1.82, 2.24) is 0 Å². The number of halogens is 1. The van der Waals surface area contributed by atoms with Gasteiger partial charge in [0.1, 0.15) is 11.3 Å². The van der Waals surface area contributed by atoms with Crippen molar-refractivity contribution in [3.8, 4) is 5.75 Å². The average Bonchev–Trinajstić information content (AvgIpc) is 2.37. The zero-order valence-electron chi connectivity index (χ0n) is 10.3. The molecule has 0 amide bonds. The molecule has 100 valence electrons. The van der Waals surface area contributed by atoms with Gasteiger partial charge in [-0.3, -0.25) is 4.79 Å². The number of ether oxygens (including phenoxy) is 1. The third-order valence-corrected chi connectivity index (χ3v) is 3.21. The number of methoxy groups -OCH3 is 1. The Kier molecular flexibility index (Phi) is 3.48. The summed E-state index contributed by atoms with van der Waals surface area (Å²) in [6.45, 7) is 1.69. The second-order valence-corrected chi connectivity index (χ2v) is 4.45. The van der Waals surface area contributed by atoms with E-state index in [9.17, 15) is 14.7 Å². The molecule has 1 N–H and O–H groups in total. The van der Waals surface area contributed by atoms with Crippen LogP contribution in [0.15, 0.2) is 21.3 Å². The standard InChI is InChI=1S/C13H11ClO5/c1-6-7-3-9(14)10(15)5-11(7)19-13(17)8(6)4-12(16)18-2/h3,5,15H,4H2,1-2H3. The van der Waals surface area contributed by atoms with Gasteiger partial charge in [-0.05, 0) is 18.6 Å². The van der Waals surface area contributed by atoms with Crippen LogP contribution in [0.3, 0.4) is 0 Å². The fourth-order valence-electron chi connectivity index (χ4n) is 1.82. The van der Waals surface area contributed by atoms with Crippen molar-refractivity contribution in [2.75, 3.05) is 7.11 Å². The molecule has 19 heavy (non-hydrogen) atoms. The first-order valence-corrected chi connectivity index (χ1v) is 5.83. The Morgan fingerprint density at radius 3 is 2.79 bits per heavy atom. The maximum atomic E-state index is 11.8. The summed E-state index contributed by atoms with van der Waals surface area (Å²) in [6.07, 6.45) is -0.168. The number of benzene rings is 1. The summed E-state index contributed by atoms with van der Waals surface area (Å²) in [6, 6.07) is 2.76. The lowest BCUT2D eigenvalue weighted by atomic mass is 10.0. The van der Waals surface area contributed by atoms with Gasteiger partial charge in [0, 0.05) is 11.5 Å². The van der Waals surface area contributed by atoms with Crippen molar-refractivity contribution in [3.05, 3.63) is 38.7 Å². The first-order chi connectivity index (χ1) is 8.93. The van der Waals surface area contributed by atoms with Gasteiger partial charge in [0.25, 0.3) is 0 Å². The van der Waals surface area contributed by atoms with Crippen molar-refractivity contribution in [2.45, 2.75) is 13.3 Å². The Balaban J connectivity index is 2.71. The predicted molar refractivity (Wildman–Crippen MR) is 69.6 cm³/mol. The smallest absolute Gasteiger partial charge is 0.340 e. The van der Waals surface area contributed by atoms with Crippen LogP contribution in [0.5, 0.6) is 5.75 Å². The van der Waals surface area contributed by atoms with Gasteiger partial charge in [-0.2, -0.15) is 0 Å². The molecule has 0 fully saturated rings. The molecule has 0 aliphatic heterocycles. The van der Waals surface area contributed by atoms with Gasteiger partial charge >= 0.3 is 11.6 Å². The van der Waals surface area contributed by atoms with E-state index in [1.54, 1.807) is 6.92 Å². The highest BCUT2D eigenvalue weighted by atomic mass is 35.5. The number of aromatic hydroxyl groups is 1. The molecule has 6 heteroatoms.